The fourth-order valence-corrected chi connectivity index (χ4v) is 0.413. The van der Waals surface area contributed by atoms with E-state index in [2.05, 4.69) is 15.3 Å². The van der Waals surface area contributed by atoms with Crippen molar-refractivity contribution in [3.63, 3.8) is 0 Å². The maximum absolute atomic E-state index is 10.2. The summed E-state index contributed by atoms with van der Waals surface area (Å²) in [4.78, 5) is 10.2. The van der Waals surface area contributed by atoms with Crippen molar-refractivity contribution < 1.29 is 36.1 Å². The van der Waals surface area contributed by atoms with Crippen LogP contribution >= 0.6 is 9.24 Å². The van der Waals surface area contributed by atoms with E-state index in [4.69, 9.17) is 15.9 Å². The zero-order chi connectivity index (χ0) is 16.1. The van der Waals surface area contributed by atoms with Crippen LogP contribution < -0.4 is 5.73 Å². The number of carbonyl (C=O) groups is 1. The van der Waals surface area contributed by atoms with Crippen molar-refractivity contribution in [1.29, 1.82) is 0 Å². The number of hydrogen-bond donors (Lipinski definition) is 3. The Balaban J connectivity index is -0.0000000991. The first-order valence-corrected chi connectivity index (χ1v) is 6.79. The summed E-state index contributed by atoms with van der Waals surface area (Å²) in [7, 11) is 2.36. The van der Waals surface area contributed by atoms with Crippen molar-refractivity contribution in [3.05, 3.63) is 24.3 Å². The molecule has 118 valence electrons. The predicted octanol–water partition coefficient (Wildman–Crippen LogP) is 3.07. The second-order valence-corrected chi connectivity index (χ2v) is 4.94. The minimum absolute atomic E-state index is 0. The summed E-state index contributed by atoms with van der Waals surface area (Å²) in [5.74, 6) is -0.534. The van der Waals surface area contributed by atoms with E-state index in [1.807, 2.05) is 27.7 Å². The molecular formula is C14H27NO3PW-. The van der Waals surface area contributed by atoms with Gasteiger partial charge in [0, 0.05) is 32.6 Å². The first-order valence-electron chi connectivity index (χ1n) is 6.22. The molecule has 0 bridgehead atoms. The van der Waals surface area contributed by atoms with Crippen LogP contribution in [0.5, 0.6) is 11.5 Å². The van der Waals surface area contributed by atoms with Crippen LogP contribution in [0.3, 0.4) is 0 Å². The molecule has 1 rings (SSSR count). The Kier molecular flexibility index (Phi) is 22.8. The van der Waals surface area contributed by atoms with Crippen LogP contribution in [0.4, 0.5) is 0 Å². The Morgan fingerprint density at radius 3 is 1.70 bits per heavy atom. The zero-order valence-corrected chi connectivity index (χ0v) is 17.2. The molecule has 1 amide bonds. The minimum atomic E-state index is -0.444. The smallest absolute Gasteiger partial charge is 0.226 e. The van der Waals surface area contributed by atoms with Crippen LogP contribution in [0.25, 0.3) is 0 Å². The Labute approximate surface area is 139 Å². The first-order chi connectivity index (χ1) is 8.75. The van der Waals surface area contributed by atoms with Gasteiger partial charge in [0.05, 0.1) is 5.16 Å². The van der Waals surface area contributed by atoms with Crippen LogP contribution in [0, 0.1) is 6.07 Å². The number of phenols is 2. The van der Waals surface area contributed by atoms with Gasteiger partial charge < -0.3 is 15.9 Å². The topological polar surface area (TPSA) is 83.6 Å². The molecule has 4 N–H and O–H groups in total. The molecule has 0 saturated carbocycles. The van der Waals surface area contributed by atoms with Crippen LogP contribution in [0.2, 0.25) is 0 Å². The van der Waals surface area contributed by atoms with Crippen LogP contribution in [0.15, 0.2) is 18.2 Å². The van der Waals surface area contributed by atoms with E-state index in [0.29, 0.717) is 0 Å². The molecule has 1 atom stereocenters. The summed E-state index contributed by atoms with van der Waals surface area (Å²) in [6, 6.07) is 6.79. The van der Waals surface area contributed by atoms with Gasteiger partial charge >= 0.3 is 0 Å². The van der Waals surface area contributed by atoms with Gasteiger partial charge in [-0.1, -0.05) is 27.7 Å². The maximum Gasteiger partial charge on any atom is 0.226 e. The number of phenolic OH excluding ortho intramolecular Hbond substituents is 2. The van der Waals surface area contributed by atoms with E-state index in [1.165, 1.54) is 18.2 Å². The Hall–Kier alpha value is -0.592. The molecule has 0 aromatic heterocycles. The Morgan fingerprint density at radius 2 is 1.55 bits per heavy atom. The standard InChI is InChI=1S/C6H5O2.C4H10NOP.2C2H6.W/c7-5-3-1-2-4-6(5)8;1-4(2,7)3(5)6;2*1-2;/h1,3-4,7-8H;7H2,1-2H3,(H2,5,6);2*1-2H3;/q-1;;;;. The van der Waals surface area contributed by atoms with E-state index in [0.717, 1.165) is 0 Å². The third-order valence-electron chi connectivity index (χ3n) is 1.45. The van der Waals surface area contributed by atoms with E-state index < -0.39 is 5.16 Å². The molecule has 0 spiro atoms. The van der Waals surface area contributed by atoms with Crippen LogP contribution in [0.1, 0.15) is 41.5 Å². The summed E-state index contributed by atoms with van der Waals surface area (Å²) < 4.78 is 0. The molecule has 0 heterocycles. The molecule has 0 radical (unpaired) electrons. The Bertz CT molecular complexity index is 320. The average Bonchev–Trinajstić information content (AvgIpc) is 2.37. The van der Waals surface area contributed by atoms with Crippen LogP contribution in [-0.2, 0) is 25.9 Å². The van der Waals surface area contributed by atoms with Gasteiger partial charge in [-0.05, 0) is 13.8 Å². The zero-order valence-electron chi connectivity index (χ0n) is 13.1. The molecule has 0 saturated heterocycles. The SMILES string of the molecule is CC.CC.CC(C)(P)C(N)=O.Oc1c[c-]ccc1O.[W]. The predicted molar refractivity (Wildman–Crippen MR) is 84.3 cm³/mol. The second-order valence-electron chi connectivity index (χ2n) is 3.50. The quantitative estimate of drug-likeness (QED) is 0.334. The number of benzene rings is 1. The summed E-state index contributed by atoms with van der Waals surface area (Å²) in [6.07, 6.45) is 0. The molecule has 20 heavy (non-hydrogen) atoms. The molecule has 1 unspecified atom stereocenters. The summed E-state index contributed by atoms with van der Waals surface area (Å²) in [6.45, 7) is 11.5. The van der Waals surface area contributed by atoms with Gasteiger partial charge in [0.1, 0.15) is 0 Å². The van der Waals surface area contributed by atoms with Gasteiger partial charge in [0.25, 0.3) is 0 Å². The van der Waals surface area contributed by atoms with Crippen LogP contribution in [-0.4, -0.2) is 21.3 Å². The first kappa shape index (κ1) is 27.7. The van der Waals surface area contributed by atoms with Crippen molar-refractivity contribution in [2.75, 3.05) is 0 Å². The minimum Gasteiger partial charge on any atom is -0.562 e. The number of primary amides is 1. The molecule has 0 aliphatic rings. The van der Waals surface area contributed by atoms with E-state index in [9.17, 15) is 4.79 Å². The molecule has 1 aromatic rings. The maximum atomic E-state index is 10.2. The fourth-order valence-electron chi connectivity index (χ4n) is 0.413. The van der Waals surface area contributed by atoms with Crippen molar-refractivity contribution in [2.24, 2.45) is 5.73 Å². The van der Waals surface area contributed by atoms with Crippen molar-refractivity contribution in [3.8, 4) is 11.5 Å². The number of carbonyl (C=O) groups excluding carboxylic acids is 1. The van der Waals surface area contributed by atoms with Crippen molar-refractivity contribution >= 4 is 15.1 Å². The second kappa shape index (κ2) is 16.5. The normalized spacial score (nSPS) is 8.15. The number of nitrogens with two attached hydrogens (primary N) is 1. The number of aromatic hydroxyl groups is 2. The molecule has 6 heteroatoms. The molecular weight excluding hydrogens is 445 g/mol. The average molecular weight is 472 g/mol. The molecule has 4 nitrogen and oxygen atoms in total. The van der Waals surface area contributed by atoms with Crippen molar-refractivity contribution in [2.45, 2.75) is 46.7 Å². The fraction of sp³-hybridized carbons (Fsp3) is 0.500. The van der Waals surface area contributed by atoms with Crippen molar-refractivity contribution in [1.82, 2.24) is 0 Å². The number of amides is 1. The van der Waals surface area contributed by atoms with E-state index >= 15 is 0 Å². The summed E-state index contributed by atoms with van der Waals surface area (Å²) >= 11 is 0. The number of rotatable bonds is 1. The van der Waals surface area contributed by atoms with E-state index in [-0.39, 0.29) is 38.5 Å². The van der Waals surface area contributed by atoms with Gasteiger partial charge in [-0.2, -0.15) is 12.1 Å². The van der Waals surface area contributed by atoms with Gasteiger partial charge in [0.15, 0.2) is 0 Å². The molecule has 0 aliphatic heterocycles. The van der Waals surface area contributed by atoms with Gasteiger partial charge in [0.2, 0.25) is 5.91 Å². The van der Waals surface area contributed by atoms with Gasteiger partial charge in [-0.3, -0.25) is 4.79 Å². The molecule has 1 aromatic carbocycles. The van der Waals surface area contributed by atoms with Gasteiger partial charge in [-0.25, -0.2) is 0 Å². The monoisotopic (exact) mass is 472 g/mol. The van der Waals surface area contributed by atoms with E-state index in [1.54, 1.807) is 13.8 Å². The summed E-state index contributed by atoms with van der Waals surface area (Å²) in [5.41, 5.74) is 4.91. The Morgan fingerprint density at radius 1 is 1.20 bits per heavy atom. The third-order valence-corrected chi connectivity index (χ3v) is 1.74. The molecule has 0 aliphatic carbocycles. The largest absolute Gasteiger partial charge is 0.562 e. The summed E-state index contributed by atoms with van der Waals surface area (Å²) in [5, 5.41) is 16.8. The number of hydrogen-bond acceptors (Lipinski definition) is 3. The van der Waals surface area contributed by atoms with Gasteiger partial charge in [-0.15, -0.1) is 21.4 Å². The third kappa shape index (κ3) is 17.4. The molecule has 0 fully saturated rings.